The van der Waals surface area contributed by atoms with Gasteiger partial charge in [0.1, 0.15) is 0 Å². The number of piperazine rings is 1. The van der Waals surface area contributed by atoms with Crippen LogP contribution in [0.25, 0.3) is 0 Å². The molecular weight excluding hydrogens is 240 g/mol. The molecule has 8 nitrogen and oxygen atoms in total. The maximum Gasteiger partial charge on any atom is 0.318 e. The molecule has 102 valence electrons. The second-order valence-electron chi connectivity index (χ2n) is 4.17. The van der Waals surface area contributed by atoms with E-state index < -0.39 is 17.9 Å². The Kier molecular flexibility index (Phi) is 5.53. The number of carboxylic acid groups (broad SMARTS) is 1. The van der Waals surface area contributed by atoms with Crippen LogP contribution < -0.4 is 11.1 Å². The van der Waals surface area contributed by atoms with Gasteiger partial charge >= 0.3 is 12.0 Å². The molecule has 0 saturated carbocycles. The summed E-state index contributed by atoms with van der Waals surface area (Å²) >= 11 is 0. The van der Waals surface area contributed by atoms with Gasteiger partial charge in [-0.05, 0) is 0 Å². The van der Waals surface area contributed by atoms with E-state index in [1.807, 2.05) is 15.1 Å². The van der Waals surface area contributed by atoms with Crippen LogP contribution in [-0.2, 0) is 9.59 Å². The van der Waals surface area contributed by atoms with Gasteiger partial charge in [-0.1, -0.05) is 0 Å². The van der Waals surface area contributed by atoms with Crippen LogP contribution in [0.3, 0.4) is 0 Å². The molecule has 18 heavy (non-hydrogen) atoms. The van der Waals surface area contributed by atoms with Gasteiger partial charge in [-0.3, -0.25) is 19.8 Å². The van der Waals surface area contributed by atoms with Crippen molar-refractivity contribution in [3.8, 4) is 0 Å². The Morgan fingerprint density at radius 3 is 2.17 bits per heavy atom. The van der Waals surface area contributed by atoms with Crippen molar-refractivity contribution in [1.82, 2.24) is 15.1 Å². The van der Waals surface area contributed by atoms with Crippen molar-refractivity contribution in [1.29, 1.82) is 0 Å². The molecule has 1 fully saturated rings. The molecule has 0 aromatic heterocycles. The van der Waals surface area contributed by atoms with Crippen molar-refractivity contribution in [3.05, 3.63) is 0 Å². The Morgan fingerprint density at radius 2 is 1.67 bits per heavy atom. The number of hydrogen-bond acceptors (Lipinski definition) is 5. The van der Waals surface area contributed by atoms with Gasteiger partial charge in [0.25, 0.3) is 0 Å². The summed E-state index contributed by atoms with van der Waals surface area (Å²) in [6.07, 6.45) is 0.127. The third-order valence-electron chi connectivity index (χ3n) is 2.74. The third-order valence-corrected chi connectivity index (χ3v) is 2.74. The molecule has 0 aromatic rings. The molecule has 3 amide bonds. The monoisotopic (exact) mass is 258 g/mol. The average molecular weight is 258 g/mol. The van der Waals surface area contributed by atoms with Crippen molar-refractivity contribution < 1.29 is 19.5 Å². The Bertz CT molecular complexity index is 326. The van der Waals surface area contributed by atoms with E-state index in [2.05, 4.69) is 0 Å². The summed E-state index contributed by atoms with van der Waals surface area (Å²) in [5.74, 6) is -1.22. The number of primary amides is 1. The Balaban J connectivity index is 2.20. The molecule has 4 N–H and O–H groups in total. The number of imide groups is 1. The molecule has 1 saturated heterocycles. The SMILES string of the molecule is NC(=O)NC(=O)CN1CCN(CCC(=O)O)CC1. The van der Waals surface area contributed by atoms with Gasteiger partial charge in [0.15, 0.2) is 0 Å². The summed E-state index contributed by atoms with van der Waals surface area (Å²) in [5, 5.41) is 10.6. The first-order chi connectivity index (χ1) is 8.47. The zero-order chi connectivity index (χ0) is 13.5. The number of carbonyl (C=O) groups is 3. The highest BCUT2D eigenvalue weighted by atomic mass is 16.4. The number of rotatable bonds is 5. The third kappa shape index (κ3) is 5.60. The molecule has 1 rings (SSSR count). The van der Waals surface area contributed by atoms with Crippen LogP contribution >= 0.6 is 0 Å². The van der Waals surface area contributed by atoms with Gasteiger partial charge < -0.3 is 15.7 Å². The zero-order valence-corrected chi connectivity index (χ0v) is 10.1. The molecule has 0 aromatic carbocycles. The van der Waals surface area contributed by atoms with E-state index in [9.17, 15) is 14.4 Å². The van der Waals surface area contributed by atoms with Crippen LogP contribution in [0, 0.1) is 0 Å². The van der Waals surface area contributed by atoms with Crippen molar-refractivity contribution >= 4 is 17.9 Å². The van der Waals surface area contributed by atoms with E-state index in [-0.39, 0.29) is 13.0 Å². The van der Waals surface area contributed by atoms with Crippen LogP contribution in [0.15, 0.2) is 0 Å². The number of urea groups is 1. The fourth-order valence-electron chi connectivity index (χ4n) is 1.80. The van der Waals surface area contributed by atoms with E-state index >= 15 is 0 Å². The van der Waals surface area contributed by atoms with Gasteiger partial charge in [0.2, 0.25) is 5.91 Å². The van der Waals surface area contributed by atoms with Crippen molar-refractivity contribution in [2.75, 3.05) is 39.3 Å². The number of nitrogens with one attached hydrogen (secondary N) is 1. The summed E-state index contributed by atoms with van der Waals surface area (Å²) < 4.78 is 0. The summed E-state index contributed by atoms with van der Waals surface area (Å²) in [6, 6.07) is -0.847. The lowest BCUT2D eigenvalue weighted by Gasteiger charge is -2.33. The van der Waals surface area contributed by atoms with E-state index in [0.717, 1.165) is 13.1 Å². The number of aliphatic carboxylic acids is 1. The standard InChI is InChI=1S/C10H18N4O4/c11-10(18)12-8(15)7-14-5-3-13(4-6-14)2-1-9(16)17/h1-7H2,(H,16,17)(H3,11,12,15,18). The molecular formula is C10H18N4O4. The van der Waals surface area contributed by atoms with Crippen molar-refractivity contribution in [2.24, 2.45) is 5.73 Å². The number of nitrogens with zero attached hydrogens (tertiary/aromatic N) is 2. The lowest BCUT2D eigenvalue weighted by molar-refractivity contribution is -0.137. The van der Waals surface area contributed by atoms with Crippen molar-refractivity contribution in [3.63, 3.8) is 0 Å². The van der Waals surface area contributed by atoms with Crippen LogP contribution in [0.2, 0.25) is 0 Å². The molecule has 0 radical (unpaired) electrons. The largest absolute Gasteiger partial charge is 0.481 e. The van der Waals surface area contributed by atoms with E-state index in [1.165, 1.54) is 0 Å². The second kappa shape index (κ2) is 6.92. The maximum absolute atomic E-state index is 11.3. The minimum atomic E-state index is -0.847. The van der Waals surface area contributed by atoms with E-state index in [0.29, 0.717) is 19.6 Å². The Morgan fingerprint density at radius 1 is 1.11 bits per heavy atom. The first kappa shape index (κ1) is 14.4. The lowest BCUT2D eigenvalue weighted by Crippen LogP contribution is -2.50. The first-order valence-corrected chi connectivity index (χ1v) is 5.73. The molecule has 0 atom stereocenters. The topological polar surface area (TPSA) is 116 Å². The quantitative estimate of drug-likeness (QED) is 0.540. The number of carbonyl (C=O) groups excluding carboxylic acids is 2. The smallest absolute Gasteiger partial charge is 0.318 e. The normalized spacial score (nSPS) is 17.3. The minimum Gasteiger partial charge on any atom is -0.481 e. The lowest BCUT2D eigenvalue weighted by atomic mass is 10.3. The second-order valence-corrected chi connectivity index (χ2v) is 4.17. The van der Waals surface area contributed by atoms with Gasteiger partial charge in [0, 0.05) is 32.7 Å². The molecule has 0 bridgehead atoms. The predicted octanol–water partition coefficient (Wildman–Crippen LogP) is -1.73. The van der Waals surface area contributed by atoms with Gasteiger partial charge in [-0.25, -0.2) is 4.79 Å². The number of carboxylic acids is 1. The summed E-state index contributed by atoms with van der Waals surface area (Å²) in [7, 11) is 0. The average Bonchev–Trinajstić information content (AvgIpc) is 2.26. The maximum atomic E-state index is 11.3. The van der Waals surface area contributed by atoms with Crippen LogP contribution in [-0.4, -0.2) is 72.1 Å². The highest BCUT2D eigenvalue weighted by molar-refractivity contribution is 5.94. The molecule has 1 heterocycles. The fourth-order valence-corrected chi connectivity index (χ4v) is 1.80. The highest BCUT2D eigenvalue weighted by Gasteiger charge is 2.19. The fraction of sp³-hybridized carbons (Fsp3) is 0.700. The zero-order valence-electron chi connectivity index (χ0n) is 10.1. The number of nitrogens with two attached hydrogens (primary N) is 1. The molecule has 1 aliphatic heterocycles. The minimum absolute atomic E-state index is 0.127. The Labute approximate surface area is 105 Å². The summed E-state index contributed by atoms with van der Waals surface area (Å²) in [5.41, 5.74) is 4.84. The predicted molar refractivity (Wildman–Crippen MR) is 62.9 cm³/mol. The summed E-state index contributed by atoms with van der Waals surface area (Å²) in [4.78, 5) is 36.1. The van der Waals surface area contributed by atoms with Crippen LogP contribution in [0.1, 0.15) is 6.42 Å². The van der Waals surface area contributed by atoms with E-state index in [4.69, 9.17) is 10.8 Å². The molecule has 8 heteroatoms. The molecule has 0 spiro atoms. The van der Waals surface area contributed by atoms with Gasteiger partial charge in [-0.15, -0.1) is 0 Å². The number of hydrogen-bond donors (Lipinski definition) is 3. The highest BCUT2D eigenvalue weighted by Crippen LogP contribution is 2.02. The van der Waals surface area contributed by atoms with Crippen LogP contribution in [0.5, 0.6) is 0 Å². The van der Waals surface area contributed by atoms with E-state index in [1.54, 1.807) is 0 Å². The van der Waals surface area contributed by atoms with Crippen LogP contribution in [0.4, 0.5) is 4.79 Å². The molecule has 0 unspecified atom stereocenters. The molecule has 0 aliphatic carbocycles. The van der Waals surface area contributed by atoms with Crippen molar-refractivity contribution in [2.45, 2.75) is 6.42 Å². The Hall–Kier alpha value is -1.67. The number of amides is 3. The first-order valence-electron chi connectivity index (χ1n) is 5.73. The summed E-state index contributed by atoms with van der Waals surface area (Å²) in [6.45, 7) is 3.44. The molecule has 1 aliphatic rings. The van der Waals surface area contributed by atoms with Gasteiger partial charge in [-0.2, -0.15) is 0 Å². The van der Waals surface area contributed by atoms with Gasteiger partial charge in [0.05, 0.1) is 13.0 Å².